The first-order valence-electron chi connectivity index (χ1n) is 5.36. The number of nitrogen functional groups attached to an aromatic ring is 1. The highest BCUT2D eigenvalue weighted by atomic mass is 79.9. The Balaban J connectivity index is 2.79. The second-order valence-corrected chi connectivity index (χ2v) is 4.73. The molecule has 1 amide bonds. The van der Waals surface area contributed by atoms with Crippen LogP contribution >= 0.6 is 15.9 Å². The van der Waals surface area contributed by atoms with Crippen LogP contribution in [0.1, 0.15) is 30.1 Å². The van der Waals surface area contributed by atoms with E-state index in [1.807, 2.05) is 6.07 Å². The van der Waals surface area contributed by atoms with E-state index in [9.17, 15) is 4.79 Å². The average Bonchev–Trinajstić information content (AvgIpc) is 2.25. The third kappa shape index (κ3) is 3.23. The van der Waals surface area contributed by atoms with E-state index in [0.29, 0.717) is 11.3 Å². The highest BCUT2D eigenvalue weighted by Crippen LogP contribution is 2.19. The molecule has 0 bridgehead atoms. The predicted octanol–water partition coefficient (Wildman–Crippen LogP) is 2.90. The van der Waals surface area contributed by atoms with Crippen LogP contribution in [0.2, 0.25) is 0 Å². The summed E-state index contributed by atoms with van der Waals surface area (Å²) in [7, 11) is 1.81. The maximum absolute atomic E-state index is 12.0. The molecule has 1 aromatic carbocycles. The van der Waals surface area contributed by atoms with Crippen LogP contribution in [0.3, 0.4) is 0 Å². The van der Waals surface area contributed by atoms with Gasteiger partial charge in [-0.15, -0.1) is 0 Å². The summed E-state index contributed by atoms with van der Waals surface area (Å²) in [5.41, 5.74) is 6.90. The summed E-state index contributed by atoms with van der Waals surface area (Å²) in [5.74, 6) is -0.0153. The molecule has 1 rings (SSSR count). The molecule has 0 saturated heterocycles. The van der Waals surface area contributed by atoms with Gasteiger partial charge in [-0.1, -0.05) is 29.3 Å². The van der Waals surface area contributed by atoms with Crippen molar-refractivity contribution in [1.29, 1.82) is 0 Å². The van der Waals surface area contributed by atoms with Crippen LogP contribution in [0.4, 0.5) is 5.69 Å². The lowest BCUT2D eigenvalue weighted by Crippen LogP contribution is -2.28. The van der Waals surface area contributed by atoms with E-state index in [1.165, 1.54) is 0 Å². The number of anilines is 1. The minimum absolute atomic E-state index is 0.0153. The molecule has 2 N–H and O–H groups in total. The van der Waals surface area contributed by atoms with Gasteiger partial charge in [0.25, 0.3) is 5.91 Å². The summed E-state index contributed by atoms with van der Waals surface area (Å²) < 4.78 is 0.887. The summed E-state index contributed by atoms with van der Waals surface area (Å²) in [6.45, 7) is 2.87. The van der Waals surface area contributed by atoms with Crippen LogP contribution in [0.5, 0.6) is 0 Å². The van der Waals surface area contributed by atoms with Crippen molar-refractivity contribution in [2.24, 2.45) is 0 Å². The molecule has 0 heterocycles. The fourth-order valence-electron chi connectivity index (χ4n) is 1.43. The Morgan fingerprint density at radius 3 is 2.75 bits per heavy atom. The summed E-state index contributed by atoms with van der Waals surface area (Å²) in [4.78, 5) is 13.7. The molecule has 0 radical (unpaired) electrons. The third-order valence-electron chi connectivity index (χ3n) is 2.44. The molecule has 88 valence electrons. The van der Waals surface area contributed by atoms with Crippen LogP contribution in [0.25, 0.3) is 0 Å². The highest BCUT2D eigenvalue weighted by molar-refractivity contribution is 9.10. The molecule has 0 atom stereocenters. The average molecular weight is 285 g/mol. The van der Waals surface area contributed by atoms with Crippen molar-refractivity contribution in [3.05, 3.63) is 28.2 Å². The van der Waals surface area contributed by atoms with Crippen molar-refractivity contribution in [2.75, 3.05) is 19.3 Å². The normalized spacial score (nSPS) is 10.2. The zero-order valence-electron chi connectivity index (χ0n) is 9.66. The summed E-state index contributed by atoms with van der Waals surface area (Å²) in [6.07, 6.45) is 2.09. The molecule has 0 aliphatic heterocycles. The van der Waals surface area contributed by atoms with E-state index >= 15 is 0 Å². The van der Waals surface area contributed by atoms with Crippen LogP contribution < -0.4 is 5.73 Å². The van der Waals surface area contributed by atoms with Crippen molar-refractivity contribution in [3.63, 3.8) is 0 Å². The van der Waals surface area contributed by atoms with Gasteiger partial charge in [-0.05, 0) is 24.6 Å². The maximum atomic E-state index is 12.0. The fraction of sp³-hybridized carbons (Fsp3) is 0.417. The number of hydrogen-bond donors (Lipinski definition) is 1. The number of carbonyl (C=O) groups excluding carboxylic acids is 1. The zero-order chi connectivity index (χ0) is 12.1. The predicted molar refractivity (Wildman–Crippen MR) is 70.4 cm³/mol. The number of benzene rings is 1. The maximum Gasteiger partial charge on any atom is 0.255 e. The van der Waals surface area contributed by atoms with Crippen molar-refractivity contribution in [2.45, 2.75) is 19.8 Å². The molecule has 1 aromatic rings. The minimum Gasteiger partial charge on any atom is -0.398 e. The van der Waals surface area contributed by atoms with Crippen molar-refractivity contribution in [3.8, 4) is 0 Å². The molecule has 0 unspecified atom stereocenters. The second kappa shape index (κ2) is 5.89. The molecule has 0 spiro atoms. The molecular weight excluding hydrogens is 268 g/mol. The third-order valence-corrected chi connectivity index (χ3v) is 2.93. The van der Waals surface area contributed by atoms with E-state index < -0.39 is 0 Å². The summed E-state index contributed by atoms with van der Waals surface area (Å²) in [5, 5.41) is 0. The SMILES string of the molecule is CCCCN(C)C(=O)c1ccc(Br)cc1N. The Morgan fingerprint density at radius 2 is 2.19 bits per heavy atom. The van der Waals surface area contributed by atoms with Crippen molar-refractivity contribution in [1.82, 2.24) is 4.90 Å². The first-order valence-corrected chi connectivity index (χ1v) is 6.16. The number of unbranched alkanes of at least 4 members (excludes halogenated alkanes) is 1. The molecule has 0 aliphatic rings. The molecule has 0 aromatic heterocycles. The van der Waals surface area contributed by atoms with E-state index in [-0.39, 0.29) is 5.91 Å². The zero-order valence-corrected chi connectivity index (χ0v) is 11.3. The molecule has 16 heavy (non-hydrogen) atoms. The molecule has 0 saturated carbocycles. The number of carbonyl (C=O) groups is 1. The fourth-order valence-corrected chi connectivity index (χ4v) is 1.81. The Labute approximate surface area is 105 Å². The lowest BCUT2D eigenvalue weighted by Gasteiger charge is -2.17. The van der Waals surface area contributed by atoms with Crippen LogP contribution in [-0.2, 0) is 0 Å². The quantitative estimate of drug-likeness (QED) is 0.865. The van der Waals surface area contributed by atoms with E-state index in [1.54, 1.807) is 24.1 Å². The van der Waals surface area contributed by atoms with Gasteiger partial charge in [0.1, 0.15) is 0 Å². The standard InChI is InChI=1S/C12H17BrN2O/c1-3-4-7-15(2)12(16)10-6-5-9(13)8-11(10)14/h5-6,8H,3-4,7,14H2,1-2H3. The van der Waals surface area contributed by atoms with Gasteiger partial charge in [0.2, 0.25) is 0 Å². The van der Waals surface area contributed by atoms with E-state index in [4.69, 9.17) is 5.73 Å². The van der Waals surface area contributed by atoms with Crippen LogP contribution in [-0.4, -0.2) is 24.4 Å². The first kappa shape index (κ1) is 13.0. The van der Waals surface area contributed by atoms with Crippen molar-refractivity contribution < 1.29 is 4.79 Å². The summed E-state index contributed by atoms with van der Waals surface area (Å²) >= 11 is 3.32. The van der Waals surface area contributed by atoms with Gasteiger partial charge >= 0.3 is 0 Å². The van der Waals surface area contributed by atoms with E-state index in [0.717, 1.165) is 23.9 Å². The number of nitrogens with two attached hydrogens (primary N) is 1. The van der Waals surface area contributed by atoms with Crippen LogP contribution in [0.15, 0.2) is 22.7 Å². The van der Waals surface area contributed by atoms with Gasteiger partial charge in [-0.3, -0.25) is 4.79 Å². The molecule has 4 heteroatoms. The topological polar surface area (TPSA) is 46.3 Å². The number of nitrogens with zero attached hydrogens (tertiary/aromatic N) is 1. The van der Waals surface area contributed by atoms with Gasteiger partial charge < -0.3 is 10.6 Å². The van der Waals surface area contributed by atoms with Gasteiger partial charge in [0, 0.05) is 23.8 Å². The number of halogens is 1. The monoisotopic (exact) mass is 284 g/mol. The lowest BCUT2D eigenvalue weighted by atomic mass is 10.1. The molecule has 3 nitrogen and oxygen atoms in total. The first-order chi connectivity index (χ1) is 7.56. The number of amides is 1. The van der Waals surface area contributed by atoms with Gasteiger partial charge in [-0.25, -0.2) is 0 Å². The largest absolute Gasteiger partial charge is 0.398 e. The van der Waals surface area contributed by atoms with Gasteiger partial charge in [-0.2, -0.15) is 0 Å². The Bertz CT molecular complexity index is 379. The molecular formula is C12H17BrN2O. The second-order valence-electron chi connectivity index (χ2n) is 3.81. The smallest absolute Gasteiger partial charge is 0.255 e. The lowest BCUT2D eigenvalue weighted by molar-refractivity contribution is 0.0794. The molecule has 0 aliphatic carbocycles. The van der Waals surface area contributed by atoms with Crippen molar-refractivity contribution >= 4 is 27.5 Å². The highest BCUT2D eigenvalue weighted by Gasteiger charge is 2.13. The number of rotatable bonds is 4. The van der Waals surface area contributed by atoms with E-state index in [2.05, 4.69) is 22.9 Å². The minimum atomic E-state index is -0.0153. The van der Waals surface area contributed by atoms with Crippen LogP contribution in [0, 0.1) is 0 Å². The Kier molecular flexibility index (Phi) is 4.80. The molecule has 0 fully saturated rings. The Hall–Kier alpha value is -1.03. The summed E-state index contributed by atoms with van der Waals surface area (Å²) in [6, 6.07) is 5.34. The van der Waals surface area contributed by atoms with Gasteiger partial charge in [0.05, 0.1) is 5.56 Å². The van der Waals surface area contributed by atoms with Gasteiger partial charge in [0.15, 0.2) is 0 Å². The number of hydrogen-bond acceptors (Lipinski definition) is 2. The Morgan fingerprint density at radius 1 is 1.50 bits per heavy atom.